The molecule has 1 saturated heterocycles. The fraction of sp³-hybridized carbons (Fsp3) is 0.684. The van der Waals surface area contributed by atoms with Gasteiger partial charge in [-0.2, -0.15) is 0 Å². The summed E-state index contributed by atoms with van der Waals surface area (Å²) in [6.07, 6.45) is 9.94. The van der Waals surface area contributed by atoms with E-state index in [1.165, 1.54) is 69.2 Å². The Bertz CT molecular complexity index is 494. The van der Waals surface area contributed by atoms with Crippen LogP contribution in [0.1, 0.15) is 55.2 Å². The van der Waals surface area contributed by atoms with Crippen LogP contribution in [0.15, 0.2) is 18.2 Å². The predicted molar refractivity (Wildman–Crippen MR) is 87.2 cm³/mol. The van der Waals surface area contributed by atoms with Crippen molar-refractivity contribution in [2.75, 3.05) is 13.1 Å². The van der Waals surface area contributed by atoms with E-state index in [1.807, 2.05) is 0 Å². The van der Waals surface area contributed by atoms with Gasteiger partial charge in [-0.1, -0.05) is 31.0 Å². The third-order valence-corrected chi connectivity index (χ3v) is 5.90. The Morgan fingerprint density at radius 1 is 1.05 bits per heavy atom. The van der Waals surface area contributed by atoms with Crippen LogP contribution in [0.25, 0.3) is 0 Å². The van der Waals surface area contributed by atoms with E-state index in [2.05, 4.69) is 28.4 Å². The second-order valence-electron chi connectivity index (χ2n) is 7.25. The number of fused-ring (bicyclic) bond motifs is 2. The largest absolute Gasteiger partial charge is 0.312 e. The highest BCUT2D eigenvalue weighted by Gasteiger charge is 2.32. The van der Waals surface area contributed by atoms with Crippen molar-refractivity contribution in [3.63, 3.8) is 0 Å². The number of hydrogen-bond donors (Lipinski definition) is 1. The van der Waals surface area contributed by atoms with Gasteiger partial charge in [0, 0.05) is 19.1 Å². The predicted octanol–water partition coefficient (Wildman–Crippen LogP) is 3.49. The molecule has 0 unspecified atom stereocenters. The Balaban J connectivity index is 1.49. The first-order chi connectivity index (χ1) is 10.4. The lowest BCUT2D eigenvalue weighted by atomic mass is 9.78. The molecule has 1 aromatic rings. The quantitative estimate of drug-likeness (QED) is 0.894. The van der Waals surface area contributed by atoms with Gasteiger partial charge < -0.3 is 5.32 Å². The van der Waals surface area contributed by atoms with Crippen LogP contribution in [-0.4, -0.2) is 24.0 Å². The van der Waals surface area contributed by atoms with E-state index >= 15 is 0 Å². The number of nitrogens with one attached hydrogen (secondary N) is 1. The highest BCUT2D eigenvalue weighted by Crippen LogP contribution is 2.36. The molecule has 0 amide bonds. The minimum atomic E-state index is 0.877. The van der Waals surface area contributed by atoms with E-state index in [9.17, 15) is 0 Å². The van der Waals surface area contributed by atoms with Crippen molar-refractivity contribution >= 4 is 0 Å². The molecule has 0 aromatic heterocycles. The average molecular weight is 284 g/mol. The first-order valence-corrected chi connectivity index (χ1v) is 8.95. The smallest absolute Gasteiger partial charge is 0.0236 e. The molecular weight excluding hydrogens is 256 g/mol. The van der Waals surface area contributed by atoms with Gasteiger partial charge in [0.2, 0.25) is 0 Å². The van der Waals surface area contributed by atoms with E-state index in [4.69, 9.17) is 0 Å². The lowest BCUT2D eigenvalue weighted by Crippen LogP contribution is -2.46. The van der Waals surface area contributed by atoms with Crippen molar-refractivity contribution in [3.8, 4) is 0 Å². The maximum atomic E-state index is 3.50. The summed E-state index contributed by atoms with van der Waals surface area (Å²) in [6, 6.07) is 8.11. The van der Waals surface area contributed by atoms with E-state index in [1.54, 1.807) is 5.56 Å². The molecule has 2 fully saturated rings. The van der Waals surface area contributed by atoms with Gasteiger partial charge >= 0.3 is 0 Å². The van der Waals surface area contributed by atoms with Gasteiger partial charge in [0.05, 0.1) is 0 Å². The second-order valence-corrected chi connectivity index (χ2v) is 7.25. The van der Waals surface area contributed by atoms with Gasteiger partial charge in [-0.3, -0.25) is 4.90 Å². The molecule has 2 atom stereocenters. The molecule has 1 aliphatic carbocycles. The SMILES string of the molecule is c1cc2c(cc1CN1CCC[C@H]3CCCC[C@H]31)CNCC2. The molecule has 0 spiro atoms. The summed E-state index contributed by atoms with van der Waals surface area (Å²) in [4.78, 5) is 2.80. The summed E-state index contributed by atoms with van der Waals surface area (Å²) in [5, 5.41) is 3.50. The zero-order chi connectivity index (χ0) is 14.1. The summed E-state index contributed by atoms with van der Waals surface area (Å²) in [6.45, 7) is 4.70. The van der Waals surface area contributed by atoms with Gasteiger partial charge in [0.1, 0.15) is 0 Å². The minimum Gasteiger partial charge on any atom is -0.312 e. The molecule has 114 valence electrons. The molecule has 2 nitrogen and oxygen atoms in total. The van der Waals surface area contributed by atoms with Crippen molar-refractivity contribution in [1.82, 2.24) is 10.2 Å². The van der Waals surface area contributed by atoms with Crippen LogP contribution in [0, 0.1) is 5.92 Å². The third kappa shape index (κ3) is 2.89. The second kappa shape index (κ2) is 6.10. The Labute approximate surface area is 128 Å². The number of nitrogens with zero attached hydrogens (tertiary/aromatic N) is 1. The maximum Gasteiger partial charge on any atom is 0.0236 e. The summed E-state index contributed by atoms with van der Waals surface area (Å²) in [5.41, 5.74) is 4.63. The van der Waals surface area contributed by atoms with Crippen molar-refractivity contribution < 1.29 is 0 Å². The summed E-state index contributed by atoms with van der Waals surface area (Å²) in [5.74, 6) is 0.992. The van der Waals surface area contributed by atoms with Crippen LogP contribution >= 0.6 is 0 Å². The fourth-order valence-electron chi connectivity index (χ4n) is 4.79. The Kier molecular flexibility index (Phi) is 4.00. The average Bonchev–Trinajstić information content (AvgIpc) is 2.55. The van der Waals surface area contributed by atoms with Crippen LogP contribution in [0.3, 0.4) is 0 Å². The molecule has 4 rings (SSSR count). The van der Waals surface area contributed by atoms with Crippen LogP contribution in [-0.2, 0) is 19.5 Å². The van der Waals surface area contributed by atoms with E-state index in [0.29, 0.717) is 0 Å². The highest BCUT2D eigenvalue weighted by atomic mass is 15.2. The zero-order valence-electron chi connectivity index (χ0n) is 13.1. The van der Waals surface area contributed by atoms with Crippen LogP contribution in [0.4, 0.5) is 0 Å². The number of likely N-dealkylation sites (tertiary alicyclic amines) is 1. The molecule has 1 aromatic carbocycles. The van der Waals surface area contributed by atoms with Gasteiger partial charge in [-0.05, 0) is 67.8 Å². The van der Waals surface area contributed by atoms with Crippen molar-refractivity contribution in [2.24, 2.45) is 5.92 Å². The third-order valence-electron chi connectivity index (χ3n) is 5.90. The molecule has 2 aliphatic heterocycles. The van der Waals surface area contributed by atoms with E-state index < -0.39 is 0 Å². The lowest BCUT2D eigenvalue weighted by molar-refractivity contribution is 0.0547. The normalized spacial score (nSPS) is 29.7. The molecule has 0 bridgehead atoms. The molecule has 1 N–H and O–H groups in total. The van der Waals surface area contributed by atoms with Crippen LogP contribution in [0.5, 0.6) is 0 Å². The van der Waals surface area contributed by atoms with Gasteiger partial charge in [-0.15, -0.1) is 0 Å². The molecular formula is C19H28N2. The number of benzene rings is 1. The van der Waals surface area contributed by atoms with Crippen molar-refractivity contribution in [2.45, 2.75) is 64.1 Å². The fourth-order valence-corrected chi connectivity index (χ4v) is 4.79. The monoisotopic (exact) mass is 284 g/mol. The topological polar surface area (TPSA) is 15.3 Å². The van der Waals surface area contributed by atoms with Gasteiger partial charge in [-0.25, -0.2) is 0 Å². The highest BCUT2D eigenvalue weighted by molar-refractivity contribution is 5.33. The van der Waals surface area contributed by atoms with Gasteiger partial charge in [0.15, 0.2) is 0 Å². The first kappa shape index (κ1) is 13.8. The molecule has 3 aliphatic rings. The first-order valence-electron chi connectivity index (χ1n) is 8.95. The standard InChI is InChI=1S/C19H28N2/c1-2-6-19-17(4-1)5-3-11-21(19)14-15-7-8-16-9-10-20-13-18(16)12-15/h7-8,12,17,19-20H,1-6,9-11,13-14H2/t17-,19-/m1/s1. The van der Waals surface area contributed by atoms with E-state index in [0.717, 1.165) is 25.0 Å². The molecule has 1 saturated carbocycles. The zero-order valence-corrected chi connectivity index (χ0v) is 13.1. The Morgan fingerprint density at radius 2 is 1.95 bits per heavy atom. The Hall–Kier alpha value is -0.860. The van der Waals surface area contributed by atoms with Crippen LogP contribution in [0.2, 0.25) is 0 Å². The molecule has 0 radical (unpaired) electrons. The molecule has 21 heavy (non-hydrogen) atoms. The van der Waals surface area contributed by atoms with Gasteiger partial charge in [0.25, 0.3) is 0 Å². The number of rotatable bonds is 2. The van der Waals surface area contributed by atoms with E-state index in [-0.39, 0.29) is 0 Å². The summed E-state index contributed by atoms with van der Waals surface area (Å²) >= 11 is 0. The lowest BCUT2D eigenvalue weighted by Gasteiger charge is -2.44. The minimum absolute atomic E-state index is 0.877. The summed E-state index contributed by atoms with van der Waals surface area (Å²) in [7, 11) is 0. The summed E-state index contributed by atoms with van der Waals surface area (Å²) < 4.78 is 0. The number of piperidine rings is 1. The molecule has 2 heterocycles. The Morgan fingerprint density at radius 3 is 2.95 bits per heavy atom. The molecule has 2 heteroatoms. The van der Waals surface area contributed by atoms with Crippen molar-refractivity contribution in [3.05, 3.63) is 34.9 Å². The van der Waals surface area contributed by atoms with Crippen molar-refractivity contribution in [1.29, 1.82) is 0 Å². The number of hydrogen-bond acceptors (Lipinski definition) is 2. The van der Waals surface area contributed by atoms with Crippen LogP contribution < -0.4 is 5.32 Å². The maximum absolute atomic E-state index is 3.50.